The molecule has 0 radical (unpaired) electrons. The predicted molar refractivity (Wildman–Crippen MR) is 98.0 cm³/mol. The Bertz CT molecular complexity index is 993. The molecule has 2 aromatic heterocycles. The van der Waals surface area contributed by atoms with Gasteiger partial charge in [0.05, 0.1) is 11.2 Å². The fraction of sp³-hybridized carbons (Fsp3) is 0.0625. The molecule has 0 saturated heterocycles. The van der Waals surface area contributed by atoms with E-state index in [1.54, 1.807) is 18.2 Å². The van der Waals surface area contributed by atoms with Crippen LogP contribution in [0.1, 0.15) is 16.1 Å². The summed E-state index contributed by atoms with van der Waals surface area (Å²) in [6.45, 7) is 1.84. The van der Waals surface area contributed by atoms with E-state index >= 15 is 0 Å². The highest BCUT2D eigenvalue weighted by Crippen LogP contribution is 2.31. The maximum absolute atomic E-state index is 11.9. The van der Waals surface area contributed by atoms with Crippen LogP contribution in [0, 0.1) is 17.0 Å². The largest absolute Gasteiger partial charge is 0.459 e. The fourth-order valence-electron chi connectivity index (χ4n) is 2.13. The maximum atomic E-state index is 11.9. The third kappa shape index (κ3) is 4.12. The number of nitrogens with one attached hydrogen (secondary N) is 3. The molecule has 1 amide bonds. The average molecular weight is 389 g/mol. The van der Waals surface area contributed by atoms with Crippen LogP contribution in [0.2, 0.25) is 5.02 Å². The first-order valence-electron chi connectivity index (χ1n) is 7.58. The Labute approximate surface area is 157 Å². The Morgan fingerprint density at radius 3 is 2.70 bits per heavy atom. The Hall–Kier alpha value is -3.66. The number of nitrogens with zero attached hydrogens (tertiary/aromatic N) is 3. The highest BCUT2D eigenvalue weighted by atomic mass is 35.5. The topological polar surface area (TPSA) is 135 Å². The van der Waals surface area contributed by atoms with Crippen molar-refractivity contribution in [3.8, 4) is 0 Å². The van der Waals surface area contributed by atoms with E-state index in [2.05, 4.69) is 26.1 Å². The van der Waals surface area contributed by atoms with Crippen LogP contribution in [0.4, 0.5) is 23.0 Å². The highest BCUT2D eigenvalue weighted by Gasteiger charge is 2.24. The molecule has 1 aromatic carbocycles. The molecule has 11 heteroatoms. The normalized spacial score (nSPS) is 10.3. The van der Waals surface area contributed by atoms with Gasteiger partial charge in [0.15, 0.2) is 5.76 Å². The quantitative estimate of drug-likeness (QED) is 0.431. The standard InChI is InChI=1S/C16H13ClN6O4/c1-9-4-5-10(7-11(9)17)20-14-13(23(25)26)15(19-8-18-14)21-22-16(24)12-3-2-6-27-12/h2-8H,1H3,(H,22,24)(H2,18,19,20,21). The summed E-state index contributed by atoms with van der Waals surface area (Å²) in [5.74, 6) is -0.847. The predicted octanol–water partition coefficient (Wildman–Crippen LogP) is 3.44. The first-order chi connectivity index (χ1) is 13.0. The van der Waals surface area contributed by atoms with Crippen LogP contribution in [0.5, 0.6) is 0 Å². The van der Waals surface area contributed by atoms with Gasteiger partial charge in [0.2, 0.25) is 11.6 Å². The fourth-order valence-corrected chi connectivity index (χ4v) is 2.31. The van der Waals surface area contributed by atoms with Crippen molar-refractivity contribution in [3.63, 3.8) is 0 Å². The number of carbonyl (C=O) groups is 1. The summed E-state index contributed by atoms with van der Waals surface area (Å²) in [6.07, 6.45) is 2.45. The van der Waals surface area contributed by atoms with Gasteiger partial charge in [-0.25, -0.2) is 9.97 Å². The number of rotatable bonds is 6. The van der Waals surface area contributed by atoms with E-state index in [0.717, 1.165) is 11.9 Å². The summed E-state index contributed by atoms with van der Waals surface area (Å²) in [5, 5.41) is 14.8. The van der Waals surface area contributed by atoms with Gasteiger partial charge in [0, 0.05) is 10.7 Å². The molecule has 0 aliphatic rings. The van der Waals surface area contributed by atoms with Crippen molar-refractivity contribution in [3.05, 3.63) is 69.4 Å². The number of hydrogen-bond donors (Lipinski definition) is 3. The molecule has 0 aliphatic carbocycles. The van der Waals surface area contributed by atoms with E-state index in [1.807, 2.05) is 6.92 Å². The lowest BCUT2D eigenvalue weighted by Gasteiger charge is -2.11. The number of halogens is 1. The zero-order valence-electron chi connectivity index (χ0n) is 13.9. The van der Waals surface area contributed by atoms with Gasteiger partial charge in [0.1, 0.15) is 6.33 Å². The molecule has 3 aromatic rings. The van der Waals surface area contributed by atoms with Gasteiger partial charge >= 0.3 is 11.6 Å². The van der Waals surface area contributed by atoms with Crippen LogP contribution in [0.15, 0.2) is 47.3 Å². The smallest absolute Gasteiger partial charge is 0.355 e. The number of aromatic nitrogens is 2. The van der Waals surface area contributed by atoms with Crippen molar-refractivity contribution < 1.29 is 14.1 Å². The molecule has 2 heterocycles. The SMILES string of the molecule is Cc1ccc(Nc2ncnc(NNC(=O)c3ccco3)c2[N+](=O)[O-])cc1Cl. The molecular weight excluding hydrogens is 376 g/mol. The Morgan fingerprint density at radius 1 is 1.26 bits per heavy atom. The molecule has 0 spiro atoms. The van der Waals surface area contributed by atoms with Crippen LogP contribution in [-0.2, 0) is 0 Å². The van der Waals surface area contributed by atoms with Gasteiger partial charge in [-0.05, 0) is 36.8 Å². The molecule has 0 saturated carbocycles. The summed E-state index contributed by atoms with van der Waals surface area (Å²) in [7, 11) is 0. The maximum Gasteiger partial charge on any atom is 0.355 e. The lowest BCUT2D eigenvalue weighted by atomic mass is 10.2. The molecular formula is C16H13ClN6O4. The number of hydrazine groups is 1. The molecule has 0 aliphatic heterocycles. The van der Waals surface area contributed by atoms with Crippen molar-refractivity contribution >= 4 is 40.5 Å². The highest BCUT2D eigenvalue weighted by molar-refractivity contribution is 6.31. The molecule has 3 N–H and O–H groups in total. The molecule has 0 unspecified atom stereocenters. The Balaban J connectivity index is 1.84. The van der Waals surface area contributed by atoms with Crippen LogP contribution in [0.3, 0.4) is 0 Å². The van der Waals surface area contributed by atoms with Crippen LogP contribution in [0.25, 0.3) is 0 Å². The van der Waals surface area contributed by atoms with Crippen LogP contribution in [-0.4, -0.2) is 20.8 Å². The Kier molecular flexibility index (Phi) is 5.18. The lowest BCUT2D eigenvalue weighted by molar-refractivity contribution is -0.383. The Morgan fingerprint density at radius 2 is 2.04 bits per heavy atom. The van der Waals surface area contributed by atoms with Crippen molar-refractivity contribution in [2.24, 2.45) is 0 Å². The van der Waals surface area contributed by atoms with Crippen LogP contribution >= 0.6 is 11.6 Å². The summed E-state index contributed by atoms with van der Waals surface area (Å²) in [4.78, 5) is 30.5. The van der Waals surface area contributed by atoms with E-state index in [9.17, 15) is 14.9 Å². The van der Waals surface area contributed by atoms with Crippen molar-refractivity contribution in [1.82, 2.24) is 15.4 Å². The summed E-state index contributed by atoms with van der Waals surface area (Å²) in [6, 6.07) is 8.07. The van der Waals surface area contributed by atoms with Crippen LogP contribution < -0.4 is 16.2 Å². The molecule has 27 heavy (non-hydrogen) atoms. The molecule has 138 valence electrons. The number of aryl methyl sites for hydroxylation is 1. The third-order valence-electron chi connectivity index (χ3n) is 3.48. The van der Waals surface area contributed by atoms with E-state index < -0.39 is 16.5 Å². The number of furan rings is 1. The number of carbonyl (C=O) groups excluding carboxylic acids is 1. The monoisotopic (exact) mass is 388 g/mol. The number of hydrogen-bond acceptors (Lipinski definition) is 8. The molecule has 10 nitrogen and oxygen atoms in total. The number of amides is 1. The van der Waals surface area contributed by atoms with Gasteiger partial charge in [-0.3, -0.25) is 25.8 Å². The van der Waals surface area contributed by atoms with Gasteiger partial charge in [-0.2, -0.15) is 0 Å². The second kappa shape index (κ2) is 7.70. The van der Waals surface area contributed by atoms with Gasteiger partial charge in [-0.1, -0.05) is 17.7 Å². The van der Waals surface area contributed by atoms with E-state index in [0.29, 0.717) is 10.7 Å². The zero-order valence-corrected chi connectivity index (χ0v) is 14.6. The van der Waals surface area contributed by atoms with Gasteiger partial charge in [-0.15, -0.1) is 0 Å². The molecule has 0 atom stereocenters. The summed E-state index contributed by atoms with van der Waals surface area (Å²) >= 11 is 6.07. The number of anilines is 3. The minimum Gasteiger partial charge on any atom is -0.459 e. The third-order valence-corrected chi connectivity index (χ3v) is 3.89. The van der Waals surface area contributed by atoms with Crippen molar-refractivity contribution in [1.29, 1.82) is 0 Å². The summed E-state index contributed by atoms with van der Waals surface area (Å²) < 4.78 is 4.94. The van der Waals surface area contributed by atoms with E-state index in [4.69, 9.17) is 16.0 Å². The molecule has 0 bridgehead atoms. The van der Waals surface area contributed by atoms with E-state index in [1.165, 1.54) is 18.4 Å². The lowest BCUT2D eigenvalue weighted by Crippen LogP contribution is -2.30. The first-order valence-corrected chi connectivity index (χ1v) is 7.96. The first kappa shape index (κ1) is 18.1. The minimum absolute atomic E-state index is 0.0341. The van der Waals surface area contributed by atoms with E-state index in [-0.39, 0.29) is 17.4 Å². The minimum atomic E-state index is -0.667. The van der Waals surface area contributed by atoms with Crippen molar-refractivity contribution in [2.75, 3.05) is 10.7 Å². The second-order valence-electron chi connectivity index (χ2n) is 5.32. The van der Waals surface area contributed by atoms with Gasteiger partial charge < -0.3 is 9.73 Å². The van der Waals surface area contributed by atoms with Crippen molar-refractivity contribution in [2.45, 2.75) is 6.92 Å². The number of benzene rings is 1. The zero-order chi connectivity index (χ0) is 19.4. The molecule has 0 fully saturated rings. The second-order valence-corrected chi connectivity index (χ2v) is 5.73. The average Bonchev–Trinajstić information content (AvgIpc) is 3.17. The summed E-state index contributed by atoms with van der Waals surface area (Å²) in [5.41, 5.74) is 5.61. The molecule has 3 rings (SSSR count). The van der Waals surface area contributed by atoms with Gasteiger partial charge in [0.25, 0.3) is 0 Å². The number of nitro groups is 1.